The normalized spacial score (nSPS) is 47.8. The Morgan fingerprint density at radius 2 is 1.62 bits per heavy atom. The Labute approximate surface area is 208 Å². The van der Waals surface area contributed by atoms with Crippen LogP contribution in [0.15, 0.2) is 11.6 Å². The Morgan fingerprint density at radius 3 is 2.24 bits per heavy atom. The fraction of sp³-hybridized carbons (Fsp3) is 0.933. The lowest BCUT2D eigenvalue weighted by Gasteiger charge is -2.67. The van der Waals surface area contributed by atoms with Crippen LogP contribution in [0.2, 0.25) is 0 Å². The SMILES string of the molecule is CC(CC[C@@H](O)C(C)(C)O)C1CC[C@@]2(C)C3CC=C4C(CC[C@H](O)C4(C)C)[C@]3(C)[C@H](O)C[C@]12C. The second-order valence-electron chi connectivity index (χ2n) is 14.6. The first kappa shape index (κ1) is 26.6. The molecule has 4 nitrogen and oxygen atoms in total. The molecule has 0 aromatic heterocycles. The van der Waals surface area contributed by atoms with E-state index in [4.69, 9.17) is 0 Å². The van der Waals surface area contributed by atoms with Gasteiger partial charge in [0.15, 0.2) is 0 Å². The van der Waals surface area contributed by atoms with Crippen molar-refractivity contribution < 1.29 is 20.4 Å². The van der Waals surface area contributed by atoms with E-state index in [2.05, 4.69) is 47.6 Å². The van der Waals surface area contributed by atoms with Gasteiger partial charge in [-0.1, -0.05) is 53.2 Å². The quantitative estimate of drug-likeness (QED) is 0.397. The number of aliphatic hydroxyl groups excluding tert-OH is 3. The highest BCUT2D eigenvalue weighted by molar-refractivity contribution is 5.31. The molecule has 0 spiro atoms. The van der Waals surface area contributed by atoms with Crippen molar-refractivity contribution in [3.05, 3.63) is 11.6 Å². The van der Waals surface area contributed by atoms with Crippen LogP contribution < -0.4 is 0 Å². The molecule has 0 saturated heterocycles. The lowest BCUT2D eigenvalue weighted by atomic mass is 9.38. The van der Waals surface area contributed by atoms with Gasteiger partial charge in [0.1, 0.15) is 0 Å². The zero-order valence-corrected chi connectivity index (χ0v) is 23.1. The van der Waals surface area contributed by atoms with Gasteiger partial charge in [0.2, 0.25) is 0 Å². The first-order chi connectivity index (χ1) is 15.5. The molecular weight excluding hydrogens is 424 g/mol. The molecule has 4 aliphatic rings. The fourth-order valence-electron chi connectivity index (χ4n) is 9.64. The van der Waals surface area contributed by atoms with Crippen LogP contribution in [-0.2, 0) is 0 Å². The summed E-state index contributed by atoms with van der Waals surface area (Å²) in [5, 5.41) is 43.3. The van der Waals surface area contributed by atoms with E-state index in [0.717, 1.165) is 32.1 Å². The highest BCUT2D eigenvalue weighted by Crippen LogP contribution is 2.74. The van der Waals surface area contributed by atoms with Gasteiger partial charge in [-0.05, 0) is 99.7 Å². The molecule has 0 heterocycles. The van der Waals surface area contributed by atoms with Crippen LogP contribution in [0.3, 0.4) is 0 Å². The smallest absolute Gasteiger partial charge is 0.0849 e. The van der Waals surface area contributed by atoms with Crippen LogP contribution in [0.4, 0.5) is 0 Å². The van der Waals surface area contributed by atoms with Crippen LogP contribution >= 0.6 is 0 Å². The standard InChI is InChI=1S/C30H52O4/c1-18(9-13-24(32)27(4,5)34)19-15-16-28(6)22-12-10-20-21(11-14-23(31)26(20,2)3)30(22,8)25(33)17-29(19,28)7/h10,18-19,21-25,31-34H,9,11-17H2,1-8H3/t18?,19?,21?,22?,23-,24+,25+,28-,29+,30-/m0/s1. The topological polar surface area (TPSA) is 80.9 Å². The Balaban J connectivity index is 1.63. The first-order valence-corrected chi connectivity index (χ1v) is 14.0. The summed E-state index contributed by atoms with van der Waals surface area (Å²) in [5.41, 5.74) is 0.184. The maximum absolute atomic E-state index is 11.9. The maximum Gasteiger partial charge on any atom is 0.0849 e. The van der Waals surface area contributed by atoms with Gasteiger partial charge < -0.3 is 20.4 Å². The molecule has 4 heteroatoms. The fourth-order valence-corrected chi connectivity index (χ4v) is 9.64. The predicted octanol–water partition coefficient (Wildman–Crippen LogP) is 5.47. The summed E-state index contributed by atoms with van der Waals surface area (Å²) in [5.74, 6) is 1.74. The Bertz CT molecular complexity index is 811. The average Bonchev–Trinajstić information content (AvgIpc) is 2.99. The summed E-state index contributed by atoms with van der Waals surface area (Å²) in [6.45, 7) is 17.4. The molecule has 4 rings (SSSR count). The molecule has 0 aromatic rings. The van der Waals surface area contributed by atoms with E-state index < -0.39 is 11.7 Å². The van der Waals surface area contributed by atoms with Gasteiger partial charge in [-0.2, -0.15) is 0 Å². The Hall–Kier alpha value is -0.420. The molecule has 34 heavy (non-hydrogen) atoms. The molecule has 4 N–H and O–H groups in total. The van der Waals surface area contributed by atoms with Crippen molar-refractivity contribution in [2.45, 2.75) is 131 Å². The van der Waals surface area contributed by atoms with Gasteiger partial charge in [0.25, 0.3) is 0 Å². The minimum atomic E-state index is -1.07. The lowest BCUT2D eigenvalue weighted by Crippen LogP contribution is -2.64. The van der Waals surface area contributed by atoms with E-state index in [-0.39, 0.29) is 33.9 Å². The number of hydrogen-bond donors (Lipinski definition) is 4. The molecule has 0 aliphatic heterocycles. The minimum absolute atomic E-state index is 0.0603. The number of rotatable bonds is 5. The third kappa shape index (κ3) is 3.60. The summed E-state index contributed by atoms with van der Waals surface area (Å²) < 4.78 is 0. The average molecular weight is 477 g/mol. The van der Waals surface area contributed by atoms with Gasteiger partial charge in [0, 0.05) is 10.8 Å². The van der Waals surface area contributed by atoms with Crippen LogP contribution in [0.1, 0.15) is 107 Å². The molecule has 0 aromatic carbocycles. The molecule has 3 fully saturated rings. The largest absolute Gasteiger partial charge is 0.393 e. The molecule has 4 unspecified atom stereocenters. The highest BCUT2D eigenvalue weighted by atomic mass is 16.3. The Morgan fingerprint density at radius 1 is 0.971 bits per heavy atom. The summed E-state index contributed by atoms with van der Waals surface area (Å²) in [4.78, 5) is 0. The molecule has 3 saturated carbocycles. The third-order valence-electron chi connectivity index (χ3n) is 12.4. The number of aliphatic hydroxyl groups is 4. The minimum Gasteiger partial charge on any atom is -0.393 e. The Kier molecular flexibility index (Phi) is 6.50. The van der Waals surface area contributed by atoms with Gasteiger partial charge in [-0.25, -0.2) is 0 Å². The second kappa shape index (κ2) is 8.30. The van der Waals surface area contributed by atoms with E-state index >= 15 is 0 Å². The summed E-state index contributed by atoms with van der Waals surface area (Å²) >= 11 is 0. The number of fused-ring (bicyclic) bond motifs is 5. The van der Waals surface area contributed by atoms with E-state index in [1.807, 2.05) is 0 Å². The van der Waals surface area contributed by atoms with Crippen molar-refractivity contribution in [3.8, 4) is 0 Å². The molecule has 10 atom stereocenters. The highest BCUT2D eigenvalue weighted by Gasteiger charge is 2.70. The van der Waals surface area contributed by atoms with Crippen molar-refractivity contribution in [2.24, 2.45) is 45.3 Å². The molecule has 0 radical (unpaired) electrons. The van der Waals surface area contributed by atoms with Crippen molar-refractivity contribution in [2.75, 3.05) is 0 Å². The van der Waals surface area contributed by atoms with E-state index in [1.54, 1.807) is 13.8 Å². The predicted molar refractivity (Wildman–Crippen MR) is 137 cm³/mol. The summed E-state index contributed by atoms with van der Waals surface area (Å²) in [7, 11) is 0. The zero-order chi connectivity index (χ0) is 25.5. The molecule has 4 aliphatic carbocycles. The molecule has 0 bridgehead atoms. The van der Waals surface area contributed by atoms with E-state index in [9.17, 15) is 20.4 Å². The monoisotopic (exact) mass is 476 g/mol. The first-order valence-electron chi connectivity index (χ1n) is 14.0. The molecule has 196 valence electrons. The van der Waals surface area contributed by atoms with Gasteiger partial charge in [0.05, 0.1) is 23.9 Å². The second-order valence-corrected chi connectivity index (χ2v) is 14.6. The third-order valence-corrected chi connectivity index (χ3v) is 12.4. The van der Waals surface area contributed by atoms with Crippen molar-refractivity contribution in [3.63, 3.8) is 0 Å². The maximum atomic E-state index is 11.9. The van der Waals surface area contributed by atoms with Crippen LogP contribution in [0, 0.1) is 45.3 Å². The number of allylic oxidation sites excluding steroid dienone is 1. The molecular formula is C30H52O4. The zero-order valence-electron chi connectivity index (χ0n) is 23.1. The lowest BCUT2D eigenvalue weighted by molar-refractivity contribution is -0.204. The van der Waals surface area contributed by atoms with Crippen LogP contribution in [0.5, 0.6) is 0 Å². The molecule has 0 amide bonds. The van der Waals surface area contributed by atoms with Gasteiger partial charge in [-0.3, -0.25) is 0 Å². The van der Waals surface area contributed by atoms with Crippen LogP contribution in [0.25, 0.3) is 0 Å². The van der Waals surface area contributed by atoms with Crippen molar-refractivity contribution >= 4 is 0 Å². The van der Waals surface area contributed by atoms with E-state index in [0.29, 0.717) is 30.1 Å². The van der Waals surface area contributed by atoms with Gasteiger partial charge in [-0.15, -0.1) is 0 Å². The van der Waals surface area contributed by atoms with E-state index in [1.165, 1.54) is 18.4 Å². The summed E-state index contributed by atoms with van der Waals surface area (Å²) in [6.07, 6.45) is 8.64. The van der Waals surface area contributed by atoms with Crippen molar-refractivity contribution in [1.82, 2.24) is 0 Å². The number of hydrogen-bond acceptors (Lipinski definition) is 4. The van der Waals surface area contributed by atoms with Crippen molar-refractivity contribution in [1.29, 1.82) is 0 Å². The van der Waals surface area contributed by atoms with Gasteiger partial charge >= 0.3 is 0 Å². The van der Waals surface area contributed by atoms with Crippen LogP contribution in [-0.4, -0.2) is 44.3 Å². The summed E-state index contributed by atoms with van der Waals surface area (Å²) in [6, 6.07) is 0.